The van der Waals surface area contributed by atoms with Gasteiger partial charge in [-0.25, -0.2) is 0 Å². The summed E-state index contributed by atoms with van der Waals surface area (Å²) in [7, 11) is 0. The van der Waals surface area contributed by atoms with Crippen LogP contribution in [-0.4, -0.2) is 11.0 Å². The summed E-state index contributed by atoms with van der Waals surface area (Å²) in [6.07, 6.45) is -6.22. The Morgan fingerprint density at radius 1 is 1.40 bits per heavy atom. The molecule has 82 valence electrons. The Hall–Kier alpha value is -1.56. The molecule has 1 atom stereocenters. The Kier molecular flexibility index (Phi) is 2.99. The Morgan fingerprint density at radius 3 is 2.47 bits per heavy atom. The van der Waals surface area contributed by atoms with E-state index in [0.29, 0.717) is 6.07 Å². The van der Waals surface area contributed by atoms with Crippen LogP contribution in [0.4, 0.5) is 13.2 Å². The number of amides is 1. The standard InChI is InChI=1S/C9H8F3NO2/c10-9(11,12)6-3-1-2-5(4-6)7(14)8(13)15/h1-4,7,14H,(H2,13,15). The number of alkyl halides is 3. The summed E-state index contributed by atoms with van der Waals surface area (Å²) in [5, 5.41) is 9.15. The van der Waals surface area contributed by atoms with Gasteiger partial charge in [0, 0.05) is 0 Å². The molecule has 3 nitrogen and oxygen atoms in total. The Bertz CT molecular complexity index is 376. The van der Waals surface area contributed by atoms with Gasteiger partial charge in [0.15, 0.2) is 6.10 Å². The first-order valence-electron chi connectivity index (χ1n) is 3.97. The van der Waals surface area contributed by atoms with Crippen molar-refractivity contribution in [2.45, 2.75) is 12.3 Å². The van der Waals surface area contributed by atoms with E-state index in [1.165, 1.54) is 6.07 Å². The zero-order valence-corrected chi connectivity index (χ0v) is 7.45. The molecule has 0 radical (unpaired) electrons. The van der Waals surface area contributed by atoms with E-state index in [-0.39, 0.29) is 5.56 Å². The largest absolute Gasteiger partial charge is 0.416 e. The van der Waals surface area contributed by atoms with Gasteiger partial charge < -0.3 is 10.8 Å². The van der Waals surface area contributed by atoms with E-state index in [0.717, 1.165) is 12.1 Å². The van der Waals surface area contributed by atoms with E-state index in [1.54, 1.807) is 0 Å². The van der Waals surface area contributed by atoms with Gasteiger partial charge in [0.25, 0.3) is 5.91 Å². The van der Waals surface area contributed by atoms with Crippen molar-refractivity contribution >= 4 is 5.91 Å². The maximum atomic E-state index is 12.2. The van der Waals surface area contributed by atoms with E-state index < -0.39 is 23.8 Å². The molecule has 0 aliphatic rings. The topological polar surface area (TPSA) is 63.3 Å². The lowest BCUT2D eigenvalue weighted by Crippen LogP contribution is -2.21. The van der Waals surface area contributed by atoms with Crippen LogP contribution in [0.2, 0.25) is 0 Å². The van der Waals surface area contributed by atoms with Crippen molar-refractivity contribution in [3.63, 3.8) is 0 Å². The van der Waals surface area contributed by atoms with Gasteiger partial charge in [-0.1, -0.05) is 12.1 Å². The van der Waals surface area contributed by atoms with E-state index >= 15 is 0 Å². The van der Waals surface area contributed by atoms with Crippen LogP contribution in [0.3, 0.4) is 0 Å². The fourth-order valence-corrected chi connectivity index (χ4v) is 1.05. The lowest BCUT2D eigenvalue weighted by molar-refractivity contribution is -0.138. The minimum Gasteiger partial charge on any atom is -0.378 e. The van der Waals surface area contributed by atoms with Gasteiger partial charge in [-0.05, 0) is 17.7 Å². The molecule has 0 fully saturated rings. The van der Waals surface area contributed by atoms with Gasteiger partial charge in [-0.15, -0.1) is 0 Å². The molecule has 1 aromatic carbocycles. The van der Waals surface area contributed by atoms with Crippen LogP contribution in [0.25, 0.3) is 0 Å². The van der Waals surface area contributed by atoms with Crippen LogP contribution in [0.15, 0.2) is 24.3 Å². The number of rotatable bonds is 2. The lowest BCUT2D eigenvalue weighted by Gasteiger charge is -2.10. The third-order valence-electron chi connectivity index (χ3n) is 1.80. The summed E-state index contributed by atoms with van der Waals surface area (Å²) in [6, 6.07) is 3.83. The van der Waals surface area contributed by atoms with Crippen LogP contribution in [-0.2, 0) is 11.0 Å². The second kappa shape index (κ2) is 3.90. The number of primary amides is 1. The van der Waals surface area contributed by atoms with Crippen molar-refractivity contribution < 1.29 is 23.1 Å². The second-order valence-corrected chi connectivity index (χ2v) is 2.93. The van der Waals surface area contributed by atoms with Gasteiger partial charge in [0.1, 0.15) is 0 Å². The summed E-state index contributed by atoms with van der Waals surface area (Å²) in [5.74, 6) is -1.09. The highest BCUT2D eigenvalue weighted by Crippen LogP contribution is 2.30. The quantitative estimate of drug-likeness (QED) is 0.785. The molecule has 3 N–H and O–H groups in total. The zero-order chi connectivity index (χ0) is 11.6. The molecule has 1 aromatic rings. The SMILES string of the molecule is NC(=O)C(O)c1cccc(C(F)(F)F)c1. The molecule has 15 heavy (non-hydrogen) atoms. The molecule has 0 spiro atoms. The first-order valence-corrected chi connectivity index (χ1v) is 3.97. The predicted molar refractivity (Wildman–Crippen MR) is 45.6 cm³/mol. The average Bonchev–Trinajstić information content (AvgIpc) is 2.15. The summed E-state index contributed by atoms with van der Waals surface area (Å²) in [6.45, 7) is 0. The number of halogens is 3. The highest BCUT2D eigenvalue weighted by Gasteiger charge is 2.31. The lowest BCUT2D eigenvalue weighted by atomic mass is 10.1. The summed E-state index contributed by atoms with van der Waals surface area (Å²) in [5.41, 5.74) is 3.66. The van der Waals surface area contributed by atoms with Crippen LogP contribution in [0.1, 0.15) is 17.2 Å². The summed E-state index contributed by atoms with van der Waals surface area (Å²) in [4.78, 5) is 10.6. The van der Waals surface area contributed by atoms with Gasteiger partial charge in [-0.2, -0.15) is 13.2 Å². The maximum Gasteiger partial charge on any atom is 0.416 e. The Morgan fingerprint density at radius 2 is 2.00 bits per heavy atom. The Labute approximate surface area is 83.3 Å². The summed E-state index contributed by atoms with van der Waals surface area (Å²) >= 11 is 0. The number of carbonyl (C=O) groups excluding carboxylic acids is 1. The number of hydrogen-bond donors (Lipinski definition) is 2. The monoisotopic (exact) mass is 219 g/mol. The van der Waals surface area contributed by atoms with E-state index in [9.17, 15) is 18.0 Å². The number of benzene rings is 1. The summed E-state index contributed by atoms with van der Waals surface area (Å²) < 4.78 is 36.7. The first kappa shape index (κ1) is 11.5. The molecule has 1 rings (SSSR count). The number of aliphatic hydroxyl groups excluding tert-OH is 1. The maximum absolute atomic E-state index is 12.2. The molecule has 0 aromatic heterocycles. The van der Waals surface area contributed by atoms with Crippen molar-refractivity contribution in [3.05, 3.63) is 35.4 Å². The van der Waals surface area contributed by atoms with E-state index in [2.05, 4.69) is 0 Å². The molecule has 0 saturated heterocycles. The highest BCUT2D eigenvalue weighted by atomic mass is 19.4. The molecule has 0 bridgehead atoms. The average molecular weight is 219 g/mol. The fraction of sp³-hybridized carbons (Fsp3) is 0.222. The number of hydrogen-bond acceptors (Lipinski definition) is 2. The molecule has 1 amide bonds. The smallest absolute Gasteiger partial charge is 0.378 e. The molecule has 0 heterocycles. The van der Waals surface area contributed by atoms with Crippen LogP contribution in [0, 0.1) is 0 Å². The van der Waals surface area contributed by atoms with Crippen molar-refractivity contribution in [1.29, 1.82) is 0 Å². The minimum atomic E-state index is -4.51. The van der Waals surface area contributed by atoms with Crippen molar-refractivity contribution in [2.24, 2.45) is 5.73 Å². The zero-order valence-electron chi connectivity index (χ0n) is 7.45. The molecular weight excluding hydrogens is 211 g/mol. The molecule has 0 aliphatic heterocycles. The third kappa shape index (κ3) is 2.69. The number of nitrogens with two attached hydrogens (primary N) is 1. The third-order valence-corrected chi connectivity index (χ3v) is 1.80. The van der Waals surface area contributed by atoms with Gasteiger partial charge in [-0.3, -0.25) is 4.79 Å². The fourth-order valence-electron chi connectivity index (χ4n) is 1.05. The van der Waals surface area contributed by atoms with Crippen LogP contribution in [0.5, 0.6) is 0 Å². The first-order chi connectivity index (χ1) is 6.82. The highest BCUT2D eigenvalue weighted by molar-refractivity contribution is 5.80. The van der Waals surface area contributed by atoms with Crippen molar-refractivity contribution in [2.75, 3.05) is 0 Å². The molecule has 1 unspecified atom stereocenters. The minimum absolute atomic E-state index is 0.169. The Balaban J connectivity index is 3.08. The van der Waals surface area contributed by atoms with E-state index in [1.807, 2.05) is 0 Å². The van der Waals surface area contributed by atoms with Crippen LogP contribution >= 0.6 is 0 Å². The number of aliphatic hydroxyl groups is 1. The van der Waals surface area contributed by atoms with E-state index in [4.69, 9.17) is 10.8 Å². The second-order valence-electron chi connectivity index (χ2n) is 2.93. The van der Waals surface area contributed by atoms with Crippen molar-refractivity contribution in [1.82, 2.24) is 0 Å². The molecule has 0 saturated carbocycles. The van der Waals surface area contributed by atoms with Crippen LogP contribution < -0.4 is 5.73 Å². The molecule has 6 heteroatoms. The predicted octanol–water partition coefficient (Wildman–Crippen LogP) is 1.22. The molecular formula is C9H8F3NO2. The molecule has 0 aliphatic carbocycles. The van der Waals surface area contributed by atoms with Crippen molar-refractivity contribution in [3.8, 4) is 0 Å². The van der Waals surface area contributed by atoms with Gasteiger partial charge in [0.2, 0.25) is 0 Å². The van der Waals surface area contributed by atoms with Gasteiger partial charge >= 0.3 is 6.18 Å². The number of carbonyl (C=O) groups is 1. The van der Waals surface area contributed by atoms with Gasteiger partial charge in [0.05, 0.1) is 5.56 Å². The normalized spacial score (nSPS) is 13.6.